The summed E-state index contributed by atoms with van der Waals surface area (Å²) >= 11 is 3.43. The molecule has 1 aromatic heterocycles. The summed E-state index contributed by atoms with van der Waals surface area (Å²) in [6.07, 6.45) is 2.62. The molecule has 7 heteroatoms. The highest BCUT2D eigenvalue weighted by Crippen LogP contribution is 2.12. The minimum atomic E-state index is -0.118. The summed E-state index contributed by atoms with van der Waals surface area (Å²) < 4.78 is 2.70. The second kappa shape index (κ2) is 7.33. The van der Waals surface area contributed by atoms with Crippen molar-refractivity contribution in [1.29, 1.82) is 0 Å². The lowest BCUT2D eigenvalue weighted by molar-refractivity contribution is -0.116. The molecule has 2 aromatic rings. The Kier molecular flexibility index (Phi) is 5.46. The predicted octanol–water partition coefficient (Wildman–Crippen LogP) is 2.15. The minimum Gasteiger partial charge on any atom is -0.328 e. The quantitative estimate of drug-likeness (QED) is 0.834. The van der Waals surface area contributed by atoms with E-state index in [1.54, 1.807) is 11.0 Å². The fourth-order valence-electron chi connectivity index (χ4n) is 1.80. The van der Waals surface area contributed by atoms with Crippen LogP contribution in [0.4, 0.5) is 5.95 Å². The standard InChI is InChI=1S/C14H18BrN5O/c1-10(16)5-6-13(21)18-14-17-9-20(19-14)8-11-3-2-4-12(15)7-11/h2-4,7,9-10H,5-6,8,16H2,1H3,(H,18,19,21). The molecule has 0 aliphatic heterocycles. The van der Waals surface area contributed by atoms with Gasteiger partial charge >= 0.3 is 0 Å². The van der Waals surface area contributed by atoms with Gasteiger partial charge in [0.1, 0.15) is 6.33 Å². The maximum Gasteiger partial charge on any atom is 0.248 e. The third-order valence-corrected chi connectivity index (χ3v) is 3.34. The van der Waals surface area contributed by atoms with E-state index in [1.165, 1.54) is 0 Å². The lowest BCUT2D eigenvalue weighted by Gasteiger charge is -2.04. The van der Waals surface area contributed by atoms with Gasteiger partial charge in [-0.3, -0.25) is 10.1 Å². The first kappa shape index (κ1) is 15.7. The molecule has 6 nitrogen and oxygen atoms in total. The van der Waals surface area contributed by atoms with Crippen LogP contribution in [-0.2, 0) is 11.3 Å². The number of nitrogens with two attached hydrogens (primary N) is 1. The number of amides is 1. The lowest BCUT2D eigenvalue weighted by Crippen LogP contribution is -2.20. The van der Waals surface area contributed by atoms with E-state index >= 15 is 0 Å². The Bertz CT molecular complexity index is 611. The molecule has 1 aromatic carbocycles. The van der Waals surface area contributed by atoms with Gasteiger partial charge in [-0.05, 0) is 31.0 Å². The van der Waals surface area contributed by atoms with Crippen LogP contribution in [0.1, 0.15) is 25.3 Å². The molecule has 2 rings (SSSR count). The Hall–Kier alpha value is -1.73. The van der Waals surface area contributed by atoms with Crippen LogP contribution in [0.5, 0.6) is 0 Å². The monoisotopic (exact) mass is 351 g/mol. The van der Waals surface area contributed by atoms with E-state index in [1.807, 2.05) is 31.2 Å². The molecule has 112 valence electrons. The number of rotatable bonds is 6. The summed E-state index contributed by atoms with van der Waals surface area (Å²) in [5.41, 5.74) is 6.72. The molecule has 0 saturated heterocycles. The van der Waals surface area contributed by atoms with Crippen molar-refractivity contribution < 1.29 is 4.79 Å². The van der Waals surface area contributed by atoms with Gasteiger partial charge in [0.05, 0.1) is 6.54 Å². The molecule has 0 aliphatic carbocycles. The zero-order valence-corrected chi connectivity index (χ0v) is 13.4. The maximum atomic E-state index is 11.7. The number of carbonyl (C=O) groups is 1. The largest absolute Gasteiger partial charge is 0.328 e. The zero-order valence-electron chi connectivity index (χ0n) is 11.8. The van der Waals surface area contributed by atoms with Gasteiger partial charge in [-0.15, -0.1) is 5.10 Å². The number of halogens is 1. The van der Waals surface area contributed by atoms with Gasteiger partial charge in [-0.25, -0.2) is 9.67 Å². The first-order chi connectivity index (χ1) is 10.0. The Balaban J connectivity index is 1.91. The fraction of sp³-hybridized carbons (Fsp3) is 0.357. The van der Waals surface area contributed by atoms with Crippen LogP contribution in [-0.4, -0.2) is 26.7 Å². The SMILES string of the molecule is CC(N)CCC(=O)Nc1ncn(Cc2cccc(Br)c2)n1. The van der Waals surface area contributed by atoms with Gasteiger partial charge in [0.2, 0.25) is 11.9 Å². The molecule has 0 radical (unpaired) electrons. The van der Waals surface area contributed by atoms with Crippen LogP contribution >= 0.6 is 15.9 Å². The smallest absolute Gasteiger partial charge is 0.248 e. The van der Waals surface area contributed by atoms with Crippen LogP contribution < -0.4 is 11.1 Å². The van der Waals surface area contributed by atoms with Crippen LogP contribution in [0.25, 0.3) is 0 Å². The number of hydrogen-bond donors (Lipinski definition) is 2. The Morgan fingerprint density at radius 2 is 2.33 bits per heavy atom. The number of nitrogens with one attached hydrogen (secondary N) is 1. The van der Waals surface area contributed by atoms with Crippen molar-refractivity contribution in [2.24, 2.45) is 5.73 Å². The number of aromatic nitrogens is 3. The van der Waals surface area contributed by atoms with Gasteiger partial charge in [0.15, 0.2) is 0 Å². The highest BCUT2D eigenvalue weighted by atomic mass is 79.9. The van der Waals surface area contributed by atoms with E-state index in [0.29, 0.717) is 25.3 Å². The van der Waals surface area contributed by atoms with E-state index in [4.69, 9.17) is 5.73 Å². The van der Waals surface area contributed by atoms with E-state index in [2.05, 4.69) is 31.3 Å². The van der Waals surface area contributed by atoms with Crippen LogP contribution in [0.2, 0.25) is 0 Å². The molecule has 3 N–H and O–H groups in total. The zero-order chi connectivity index (χ0) is 15.2. The molecule has 0 fully saturated rings. The van der Waals surface area contributed by atoms with Gasteiger partial charge in [0.25, 0.3) is 0 Å². The van der Waals surface area contributed by atoms with Crippen molar-refractivity contribution in [3.8, 4) is 0 Å². The number of nitrogens with zero attached hydrogens (tertiary/aromatic N) is 3. The van der Waals surface area contributed by atoms with Crippen molar-refractivity contribution in [2.45, 2.75) is 32.4 Å². The van der Waals surface area contributed by atoms with E-state index < -0.39 is 0 Å². The van der Waals surface area contributed by atoms with Gasteiger partial charge in [-0.2, -0.15) is 0 Å². The molecule has 0 saturated carbocycles. The summed E-state index contributed by atoms with van der Waals surface area (Å²) in [6.45, 7) is 2.47. The molecular weight excluding hydrogens is 334 g/mol. The average Bonchev–Trinajstić information content (AvgIpc) is 2.83. The molecule has 0 bridgehead atoms. The van der Waals surface area contributed by atoms with Crippen molar-refractivity contribution in [3.05, 3.63) is 40.6 Å². The fourth-order valence-corrected chi connectivity index (χ4v) is 2.24. The number of carbonyl (C=O) groups excluding carboxylic acids is 1. The van der Waals surface area contributed by atoms with E-state index in [0.717, 1.165) is 10.0 Å². The van der Waals surface area contributed by atoms with Crippen LogP contribution in [0.3, 0.4) is 0 Å². The van der Waals surface area contributed by atoms with Gasteiger partial charge < -0.3 is 5.73 Å². The lowest BCUT2D eigenvalue weighted by atomic mass is 10.2. The van der Waals surface area contributed by atoms with Crippen LogP contribution in [0.15, 0.2) is 35.1 Å². The first-order valence-corrected chi connectivity index (χ1v) is 7.51. The summed E-state index contributed by atoms with van der Waals surface area (Å²) in [5, 5.41) is 6.90. The second-order valence-corrected chi connectivity index (χ2v) is 5.88. The molecule has 0 spiro atoms. The topological polar surface area (TPSA) is 85.8 Å². The Morgan fingerprint density at radius 3 is 3.05 bits per heavy atom. The Labute approximate surface area is 131 Å². The molecule has 1 unspecified atom stereocenters. The molecule has 0 aliphatic rings. The second-order valence-electron chi connectivity index (χ2n) is 4.96. The maximum absolute atomic E-state index is 11.7. The summed E-state index contributed by atoms with van der Waals surface area (Å²) in [7, 11) is 0. The summed E-state index contributed by atoms with van der Waals surface area (Å²) in [5.74, 6) is 0.201. The summed E-state index contributed by atoms with van der Waals surface area (Å²) in [6, 6.07) is 7.97. The third-order valence-electron chi connectivity index (χ3n) is 2.85. The normalized spacial score (nSPS) is 12.1. The molecule has 1 heterocycles. The predicted molar refractivity (Wildman–Crippen MR) is 84.8 cm³/mol. The Morgan fingerprint density at radius 1 is 1.52 bits per heavy atom. The van der Waals surface area contributed by atoms with Crippen LogP contribution in [0, 0.1) is 0 Å². The highest BCUT2D eigenvalue weighted by molar-refractivity contribution is 9.10. The minimum absolute atomic E-state index is 0.0118. The number of hydrogen-bond acceptors (Lipinski definition) is 4. The van der Waals surface area contributed by atoms with Crippen molar-refractivity contribution in [3.63, 3.8) is 0 Å². The van der Waals surface area contributed by atoms with Crippen molar-refractivity contribution >= 4 is 27.8 Å². The third kappa shape index (κ3) is 5.28. The summed E-state index contributed by atoms with van der Waals surface area (Å²) in [4.78, 5) is 15.7. The van der Waals surface area contributed by atoms with E-state index in [9.17, 15) is 4.79 Å². The molecule has 1 amide bonds. The first-order valence-electron chi connectivity index (χ1n) is 6.72. The molecule has 1 atom stereocenters. The molecular formula is C14H18BrN5O. The van der Waals surface area contributed by atoms with E-state index in [-0.39, 0.29) is 11.9 Å². The average molecular weight is 352 g/mol. The van der Waals surface area contributed by atoms with Gasteiger partial charge in [0, 0.05) is 16.9 Å². The van der Waals surface area contributed by atoms with Gasteiger partial charge in [-0.1, -0.05) is 28.1 Å². The van der Waals surface area contributed by atoms with Crippen molar-refractivity contribution in [1.82, 2.24) is 14.8 Å². The molecule has 21 heavy (non-hydrogen) atoms. The number of anilines is 1. The highest BCUT2D eigenvalue weighted by Gasteiger charge is 2.08. The number of benzene rings is 1. The van der Waals surface area contributed by atoms with Crippen molar-refractivity contribution in [2.75, 3.05) is 5.32 Å².